The molecular weight excluding hydrogens is 298 g/mol. The highest BCUT2D eigenvalue weighted by Crippen LogP contribution is 2.24. The van der Waals surface area contributed by atoms with E-state index < -0.39 is 5.60 Å². The molecule has 2 saturated heterocycles. The Balaban J connectivity index is 1.76. The highest BCUT2D eigenvalue weighted by Gasteiger charge is 2.42. The average Bonchev–Trinajstić information content (AvgIpc) is 2.78. The summed E-state index contributed by atoms with van der Waals surface area (Å²) < 4.78 is 11.6. The van der Waals surface area contributed by atoms with Crippen molar-refractivity contribution in [1.29, 1.82) is 0 Å². The molecule has 1 atom stereocenters. The molecule has 0 radical (unpaired) electrons. The second-order valence-electron chi connectivity index (χ2n) is 5.99. The molecule has 2 fully saturated rings. The number of aromatic nitrogens is 1. The Morgan fingerprint density at radius 1 is 1.13 bits per heavy atom. The van der Waals surface area contributed by atoms with Crippen molar-refractivity contribution in [2.24, 2.45) is 0 Å². The summed E-state index contributed by atoms with van der Waals surface area (Å²) in [5, 5.41) is 0. The fraction of sp³-hybridized carbons (Fsp3) is 0.562. The number of hydrogen-bond donors (Lipinski definition) is 0. The summed E-state index contributed by atoms with van der Waals surface area (Å²) in [7, 11) is 0. The first-order valence-electron chi connectivity index (χ1n) is 7.76. The third kappa shape index (κ3) is 3.51. The van der Waals surface area contributed by atoms with Gasteiger partial charge in [-0.15, -0.1) is 0 Å². The Hall–Kier alpha value is -1.99. The Morgan fingerprint density at radius 2 is 1.83 bits per heavy atom. The van der Waals surface area contributed by atoms with Gasteiger partial charge in [0.1, 0.15) is 5.60 Å². The molecular formula is C16H21N3O4. The van der Waals surface area contributed by atoms with Gasteiger partial charge in [0, 0.05) is 38.0 Å². The molecule has 2 aliphatic heterocycles. The van der Waals surface area contributed by atoms with E-state index in [1.807, 2.05) is 0 Å². The molecule has 0 aliphatic carbocycles. The van der Waals surface area contributed by atoms with Gasteiger partial charge in [-0.2, -0.15) is 0 Å². The summed E-state index contributed by atoms with van der Waals surface area (Å²) in [6.07, 6.45) is 3.21. The summed E-state index contributed by atoms with van der Waals surface area (Å²) in [5.74, 6) is -0.0512. The van der Waals surface area contributed by atoms with Gasteiger partial charge >= 0.3 is 0 Å². The van der Waals surface area contributed by atoms with Crippen molar-refractivity contribution in [3.05, 3.63) is 30.1 Å². The molecule has 23 heavy (non-hydrogen) atoms. The zero-order valence-corrected chi connectivity index (χ0v) is 13.2. The normalized spacial score (nSPS) is 25.3. The molecule has 2 aliphatic rings. The van der Waals surface area contributed by atoms with Gasteiger partial charge in [-0.05, 0) is 12.1 Å². The maximum Gasteiger partial charge on any atom is 0.254 e. The molecule has 3 rings (SSSR count). The van der Waals surface area contributed by atoms with Crippen molar-refractivity contribution in [3.63, 3.8) is 0 Å². The Labute approximate surface area is 135 Å². The van der Waals surface area contributed by atoms with Crippen molar-refractivity contribution in [1.82, 2.24) is 14.8 Å². The summed E-state index contributed by atoms with van der Waals surface area (Å²) in [4.78, 5) is 31.8. The van der Waals surface area contributed by atoms with Crippen LogP contribution in [0.2, 0.25) is 0 Å². The number of pyridine rings is 1. The monoisotopic (exact) mass is 319 g/mol. The Kier molecular flexibility index (Phi) is 4.58. The number of hydrogen-bond acceptors (Lipinski definition) is 5. The van der Waals surface area contributed by atoms with E-state index in [2.05, 4.69) is 4.98 Å². The lowest BCUT2D eigenvalue weighted by atomic mass is 10.0. The van der Waals surface area contributed by atoms with Crippen molar-refractivity contribution in [2.75, 3.05) is 46.0 Å². The van der Waals surface area contributed by atoms with Crippen LogP contribution >= 0.6 is 0 Å². The Morgan fingerprint density at radius 3 is 2.57 bits per heavy atom. The first-order chi connectivity index (χ1) is 11.1. The predicted molar refractivity (Wildman–Crippen MR) is 81.9 cm³/mol. The maximum atomic E-state index is 12.6. The molecule has 1 aromatic rings. The second-order valence-corrected chi connectivity index (χ2v) is 5.99. The summed E-state index contributed by atoms with van der Waals surface area (Å²) in [6, 6.07) is 3.41. The topological polar surface area (TPSA) is 72.0 Å². The predicted octanol–water partition coefficient (Wildman–Crippen LogP) is 0.172. The van der Waals surface area contributed by atoms with E-state index in [1.165, 1.54) is 0 Å². The molecule has 124 valence electrons. The lowest BCUT2D eigenvalue weighted by Crippen LogP contribution is -2.60. The van der Waals surface area contributed by atoms with Crippen LogP contribution < -0.4 is 0 Å². The zero-order chi connectivity index (χ0) is 16.3. The van der Waals surface area contributed by atoms with Crippen LogP contribution in [0, 0.1) is 0 Å². The molecule has 1 aromatic heterocycles. The highest BCUT2D eigenvalue weighted by molar-refractivity contribution is 5.94. The third-order valence-corrected chi connectivity index (χ3v) is 4.26. The minimum absolute atomic E-state index is 0.00365. The molecule has 0 N–H and O–H groups in total. The number of amides is 2. The van der Waals surface area contributed by atoms with Crippen LogP contribution in [0.5, 0.6) is 0 Å². The smallest absolute Gasteiger partial charge is 0.254 e. The van der Waals surface area contributed by atoms with E-state index in [0.29, 0.717) is 51.6 Å². The first-order valence-corrected chi connectivity index (χ1v) is 7.76. The van der Waals surface area contributed by atoms with E-state index in [4.69, 9.17) is 9.47 Å². The van der Waals surface area contributed by atoms with E-state index in [-0.39, 0.29) is 11.8 Å². The summed E-state index contributed by atoms with van der Waals surface area (Å²) >= 11 is 0. The molecule has 0 aromatic carbocycles. The average molecular weight is 319 g/mol. The molecule has 0 saturated carbocycles. The standard InChI is InChI=1S/C16H21N3O4/c1-13(20)18-6-8-22-12-16(10-18)11-19(7-9-23-16)15(21)14-2-4-17-5-3-14/h2-5H,6-12H2,1H3/t16-/m0/s1. The number of nitrogens with zero attached hydrogens (tertiary/aromatic N) is 3. The van der Waals surface area contributed by atoms with E-state index in [9.17, 15) is 9.59 Å². The van der Waals surface area contributed by atoms with Gasteiger partial charge in [-0.1, -0.05) is 0 Å². The van der Waals surface area contributed by atoms with Crippen LogP contribution in [-0.4, -0.2) is 78.2 Å². The molecule has 2 amide bonds. The molecule has 0 bridgehead atoms. The van der Waals surface area contributed by atoms with Crippen LogP contribution in [0.4, 0.5) is 0 Å². The van der Waals surface area contributed by atoms with Crippen LogP contribution in [0.1, 0.15) is 17.3 Å². The van der Waals surface area contributed by atoms with Crippen LogP contribution in [-0.2, 0) is 14.3 Å². The van der Waals surface area contributed by atoms with Gasteiger partial charge in [-0.3, -0.25) is 14.6 Å². The van der Waals surface area contributed by atoms with Crippen LogP contribution in [0.3, 0.4) is 0 Å². The second kappa shape index (κ2) is 6.64. The summed E-state index contributed by atoms with van der Waals surface area (Å²) in [5.41, 5.74) is -0.0432. The van der Waals surface area contributed by atoms with Crippen molar-refractivity contribution in [2.45, 2.75) is 12.5 Å². The lowest BCUT2D eigenvalue weighted by Gasteiger charge is -2.43. The number of carbonyl (C=O) groups is 2. The Bertz CT molecular complexity index is 580. The zero-order valence-electron chi connectivity index (χ0n) is 13.2. The van der Waals surface area contributed by atoms with E-state index in [1.54, 1.807) is 41.2 Å². The van der Waals surface area contributed by atoms with Gasteiger partial charge < -0.3 is 19.3 Å². The van der Waals surface area contributed by atoms with Gasteiger partial charge in [0.05, 0.1) is 32.9 Å². The highest BCUT2D eigenvalue weighted by atomic mass is 16.5. The van der Waals surface area contributed by atoms with Crippen LogP contribution in [0.15, 0.2) is 24.5 Å². The minimum Gasteiger partial charge on any atom is -0.376 e. The number of carbonyl (C=O) groups excluding carboxylic acids is 2. The number of ether oxygens (including phenoxy) is 2. The van der Waals surface area contributed by atoms with Crippen molar-refractivity contribution >= 4 is 11.8 Å². The summed E-state index contributed by atoms with van der Waals surface area (Å²) in [6.45, 7) is 4.80. The van der Waals surface area contributed by atoms with Gasteiger partial charge in [0.25, 0.3) is 5.91 Å². The molecule has 7 heteroatoms. The van der Waals surface area contributed by atoms with Gasteiger partial charge in [-0.25, -0.2) is 0 Å². The molecule has 7 nitrogen and oxygen atoms in total. The fourth-order valence-corrected chi connectivity index (χ4v) is 3.05. The van der Waals surface area contributed by atoms with Gasteiger partial charge in [0.15, 0.2) is 0 Å². The molecule has 0 unspecified atom stereocenters. The van der Waals surface area contributed by atoms with Gasteiger partial charge in [0.2, 0.25) is 5.91 Å². The van der Waals surface area contributed by atoms with E-state index in [0.717, 1.165) is 0 Å². The molecule has 3 heterocycles. The van der Waals surface area contributed by atoms with Crippen molar-refractivity contribution < 1.29 is 19.1 Å². The maximum absolute atomic E-state index is 12.6. The number of morpholine rings is 1. The van der Waals surface area contributed by atoms with E-state index >= 15 is 0 Å². The SMILES string of the molecule is CC(=O)N1CCOC[C@]2(C1)CN(C(=O)c1ccncc1)CCO2. The minimum atomic E-state index is -0.650. The first kappa shape index (κ1) is 15.9. The van der Waals surface area contributed by atoms with Crippen molar-refractivity contribution in [3.8, 4) is 0 Å². The fourth-order valence-electron chi connectivity index (χ4n) is 3.05. The third-order valence-electron chi connectivity index (χ3n) is 4.26. The lowest BCUT2D eigenvalue weighted by molar-refractivity contribution is -0.145. The van der Waals surface area contributed by atoms with Crippen LogP contribution in [0.25, 0.3) is 0 Å². The largest absolute Gasteiger partial charge is 0.376 e. The quantitative estimate of drug-likeness (QED) is 0.738. The molecule has 1 spiro atoms. The number of rotatable bonds is 1.